The molecule has 1 fully saturated rings. The second-order valence-electron chi connectivity index (χ2n) is 5.28. The van der Waals surface area contributed by atoms with Crippen molar-refractivity contribution in [2.24, 2.45) is 0 Å². The molecule has 0 unspecified atom stereocenters. The van der Waals surface area contributed by atoms with Crippen LogP contribution in [-0.2, 0) is 0 Å². The molecule has 0 aliphatic carbocycles. The second-order valence-corrected chi connectivity index (χ2v) is 5.28. The summed E-state index contributed by atoms with van der Waals surface area (Å²) >= 11 is 0. The molecular formula is C15H24N2. The third-order valence-corrected chi connectivity index (χ3v) is 3.93. The van der Waals surface area contributed by atoms with Crippen LogP contribution in [0.25, 0.3) is 0 Å². The van der Waals surface area contributed by atoms with Crippen LogP contribution in [0.1, 0.15) is 38.2 Å². The number of anilines is 1. The third-order valence-electron chi connectivity index (χ3n) is 3.93. The number of piperidine rings is 1. The van der Waals surface area contributed by atoms with E-state index in [0.717, 1.165) is 5.92 Å². The highest BCUT2D eigenvalue weighted by Gasteiger charge is 2.21. The third kappa shape index (κ3) is 3.01. The summed E-state index contributed by atoms with van der Waals surface area (Å²) in [7, 11) is 1.97. The van der Waals surface area contributed by atoms with Crippen LogP contribution in [0.4, 0.5) is 5.69 Å². The second kappa shape index (κ2) is 5.54. The van der Waals surface area contributed by atoms with E-state index >= 15 is 0 Å². The van der Waals surface area contributed by atoms with E-state index < -0.39 is 0 Å². The normalized spacial score (nSPS) is 18.6. The maximum atomic E-state index is 3.17. The lowest BCUT2D eigenvalue weighted by Crippen LogP contribution is -2.37. The molecule has 0 aromatic heterocycles. The molecule has 2 heteroatoms. The van der Waals surface area contributed by atoms with E-state index in [2.05, 4.69) is 48.3 Å². The highest BCUT2D eigenvalue weighted by atomic mass is 15.1. The first-order chi connectivity index (χ1) is 8.20. The van der Waals surface area contributed by atoms with Gasteiger partial charge in [0.25, 0.3) is 0 Å². The summed E-state index contributed by atoms with van der Waals surface area (Å²) in [5.41, 5.74) is 2.71. The highest BCUT2D eigenvalue weighted by Crippen LogP contribution is 2.29. The molecular weight excluding hydrogens is 208 g/mol. The van der Waals surface area contributed by atoms with Crippen molar-refractivity contribution in [3.8, 4) is 0 Å². The maximum absolute atomic E-state index is 3.17. The lowest BCUT2D eigenvalue weighted by molar-refractivity contribution is 0.172. The molecule has 0 atom stereocenters. The maximum Gasteiger partial charge on any atom is 0.0337 e. The first kappa shape index (κ1) is 12.4. The minimum Gasteiger partial charge on any atom is -0.388 e. The fourth-order valence-corrected chi connectivity index (χ4v) is 2.67. The first-order valence-corrected chi connectivity index (χ1v) is 6.72. The Balaban J connectivity index is 1.95. The average molecular weight is 232 g/mol. The number of nitrogens with zero attached hydrogens (tertiary/aromatic N) is 1. The topological polar surface area (TPSA) is 15.3 Å². The molecule has 1 aromatic carbocycles. The zero-order valence-electron chi connectivity index (χ0n) is 11.2. The molecule has 1 aromatic rings. The lowest BCUT2D eigenvalue weighted by atomic mass is 9.89. The molecule has 2 nitrogen and oxygen atoms in total. The molecule has 1 aliphatic rings. The first-order valence-electron chi connectivity index (χ1n) is 6.72. The van der Waals surface area contributed by atoms with Gasteiger partial charge in [-0.3, -0.25) is 0 Å². The number of likely N-dealkylation sites (tertiary alicyclic amines) is 1. The van der Waals surface area contributed by atoms with Crippen LogP contribution in [0.15, 0.2) is 24.3 Å². The molecule has 0 radical (unpaired) electrons. The molecule has 0 bridgehead atoms. The van der Waals surface area contributed by atoms with Crippen molar-refractivity contribution in [3.63, 3.8) is 0 Å². The molecule has 1 aliphatic heterocycles. The van der Waals surface area contributed by atoms with Crippen LogP contribution in [-0.4, -0.2) is 31.1 Å². The van der Waals surface area contributed by atoms with E-state index in [1.165, 1.54) is 37.2 Å². The standard InChI is InChI=1S/C15H24N2/c1-12(2)17-10-8-14(9-11-17)13-4-6-15(16-3)7-5-13/h4-7,12,14,16H,8-11H2,1-3H3. The zero-order chi connectivity index (χ0) is 12.3. The quantitative estimate of drug-likeness (QED) is 0.860. The van der Waals surface area contributed by atoms with Gasteiger partial charge in [0, 0.05) is 18.8 Å². The summed E-state index contributed by atoms with van der Waals surface area (Å²) in [6, 6.07) is 9.62. The number of hydrogen-bond acceptors (Lipinski definition) is 2. The number of hydrogen-bond donors (Lipinski definition) is 1. The van der Waals surface area contributed by atoms with Gasteiger partial charge in [-0.2, -0.15) is 0 Å². The van der Waals surface area contributed by atoms with Gasteiger partial charge in [-0.1, -0.05) is 12.1 Å². The Bertz CT molecular complexity index is 334. The summed E-state index contributed by atoms with van der Waals surface area (Å²) in [6.45, 7) is 7.08. The molecule has 0 saturated carbocycles. The fraction of sp³-hybridized carbons (Fsp3) is 0.600. The van der Waals surface area contributed by atoms with Crippen LogP contribution >= 0.6 is 0 Å². The van der Waals surface area contributed by atoms with E-state index in [1.54, 1.807) is 0 Å². The van der Waals surface area contributed by atoms with Crippen LogP contribution < -0.4 is 5.32 Å². The van der Waals surface area contributed by atoms with Gasteiger partial charge in [0.1, 0.15) is 0 Å². The molecule has 2 rings (SSSR count). The Morgan fingerprint density at radius 1 is 1.12 bits per heavy atom. The van der Waals surface area contributed by atoms with Gasteiger partial charge < -0.3 is 10.2 Å². The van der Waals surface area contributed by atoms with E-state index in [-0.39, 0.29) is 0 Å². The lowest BCUT2D eigenvalue weighted by Gasteiger charge is -2.34. The van der Waals surface area contributed by atoms with Crippen molar-refractivity contribution in [2.45, 2.75) is 38.6 Å². The molecule has 0 amide bonds. The summed E-state index contributed by atoms with van der Waals surface area (Å²) in [5.74, 6) is 0.760. The van der Waals surface area contributed by atoms with Gasteiger partial charge in [0.05, 0.1) is 0 Å². The Hall–Kier alpha value is -1.02. The van der Waals surface area contributed by atoms with Gasteiger partial charge in [0.2, 0.25) is 0 Å². The van der Waals surface area contributed by atoms with E-state index in [9.17, 15) is 0 Å². The van der Waals surface area contributed by atoms with Gasteiger partial charge in [-0.25, -0.2) is 0 Å². The summed E-state index contributed by atoms with van der Waals surface area (Å²) in [5, 5.41) is 3.17. The predicted octanol–water partition coefficient (Wildman–Crippen LogP) is 3.32. The fourth-order valence-electron chi connectivity index (χ4n) is 2.67. The number of rotatable bonds is 3. The van der Waals surface area contributed by atoms with Crippen molar-refractivity contribution in [2.75, 3.05) is 25.5 Å². The monoisotopic (exact) mass is 232 g/mol. The molecule has 1 heterocycles. The van der Waals surface area contributed by atoms with Crippen molar-refractivity contribution in [1.82, 2.24) is 4.90 Å². The summed E-state index contributed by atoms with van der Waals surface area (Å²) in [6.07, 6.45) is 2.61. The summed E-state index contributed by atoms with van der Waals surface area (Å²) in [4.78, 5) is 2.58. The Kier molecular flexibility index (Phi) is 4.06. The van der Waals surface area contributed by atoms with E-state index in [0.29, 0.717) is 6.04 Å². The van der Waals surface area contributed by atoms with Gasteiger partial charge in [-0.05, 0) is 63.4 Å². The SMILES string of the molecule is CNc1ccc(C2CCN(C(C)C)CC2)cc1. The average Bonchev–Trinajstić information content (AvgIpc) is 2.39. The minimum absolute atomic E-state index is 0.697. The number of benzene rings is 1. The smallest absolute Gasteiger partial charge is 0.0337 e. The predicted molar refractivity (Wildman–Crippen MR) is 74.7 cm³/mol. The van der Waals surface area contributed by atoms with Crippen molar-refractivity contribution < 1.29 is 0 Å². The van der Waals surface area contributed by atoms with Crippen LogP contribution in [0.3, 0.4) is 0 Å². The zero-order valence-corrected chi connectivity index (χ0v) is 11.2. The van der Waals surface area contributed by atoms with Crippen molar-refractivity contribution >= 4 is 5.69 Å². The Morgan fingerprint density at radius 3 is 2.18 bits per heavy atom. The minimum atomic E-state index is 0.697. The van der Waals surface area contributed by atoms with Gasteiger partial charge in [-0.15, -0.1) is 0 Å². The van der Waals surface area contributed by atoms with Crippen molar-refractivity contribution in [1.29, 1.82) is 0 Å². The van der Waals surface area contributed by atoms with Gasteiger partial charge in [0.15, 0.2) is 0 Å². The van der Waals surface area contributed by atoms with E-state index in [4.69, 9.17) is 0 Å². The Labute approximate surface area is 105 Å². The molecule has 0 spiro atoms. The number of nitrogens with one attached hydrogen (secondary N) is 1. The Morgan fingerprint density at radius 2 is 1.71 bits per heavy atom. The summed E-state index contributed by atoms with van der Waals surface area (Å²) < 4.78 is 0. The highest BCUT2D eigenvalue weighted by molar-refractivity contribution is 5.44. The van der Waals surface area contributed by atoms with E-state index in [1.807, 2.05) is 7.05 Å². The molecule has 1 saturated heterocycles. The van der Waals surface area contributed by atoms with Crippen LogP contribution in [0.2, 0.25) is 0 Å². The van der Waals surface area contributed by atoms with Crippen LogP contribution in [0, 0.1) is 0 Å². The van der Waals surface area contributed by atoms with Gasteiger partial charge >= 0.3 is 0 Å². The van der Waals surface area contributed by atoms with Crippen molar-refractivity contribution in [3.05, 3.63) is 29.8 Å². The molecule has 94 valence electrons. The molecule has 17 heavy (non-hydrogen) atoms. The molecule has 1 N–H and O–H groups in total. The largest absolute Gasteiger partial charge is 0.388 e. The van der Waals surface area contributed by atoms with Crippen LogP contribution in [0.5, 0.6) is 0 Å².